The molecule has 4 rings (SSSR count). The highest BCUT2D eigenvalue weighted by Crippen LogP contribution is 2.27. The van der Waals surface area contributed by atoms with Gasteiger partial charge in [0.15, 0.2) is 5.88 Å². The van der Waals surface area contributed by atoms with E-state index in [0.29, 0.717) is 11.1 Å². The monoisotopic (exact) mass is 409 g/mol. The van der Waals surface area contributed by atoms with Gasteiger partial charge in [0.2, 0.25) is 0 Å². The fraction of sp³-hybridized carbons (Fsp3) is 0.348. The molecule has 7 heteroatoms. The molecule has 1 saturated heterocycles. The van der Waals surface area contributed by atoms with E-state index in [1.165, 1.54) is 12.1 Å². The first-order chi connectivity index (χ1) is 14.6. The first kappa shape index (κ1) is 20.4. The fourth-order valence-corrected chi connectivity index (χ4v) is 3.72. The number of hydrogen-bond acceptors (Lipinski definition) is 5. The Kier molecular flexibility index (Phi) is 6.30. The van der Waals surface area contributed by atoms with Crippen LogP contribution in [-0.2, 0) is 0 Å². The summed E-state index contributed by atoms with van der Waals surface area (Å²) >= 11 is 0. The van der Waals surface area contributed by atoms with Crippen molar-refractivity contribution in [3.63, 3.8) is 0 Å². The van der Waals surface area contributed by atoms with Crippen molar-refractivity contribution in [1.29, 1.82) is 0 Å². The van der Waals surface area contributed by atoms with Crippen LogP contribution in [0.1, 0.15) is 12.0 Å². The Morgan fingerprint density at radius 3 is 2.67 bits per heavy atom. The number of aromatic amines is 1. The first-order valence-corrected chi connectivity index (χ1v) is 10.4. The van der Waals surface area contributed by atoms with Crippen molar-refractivity contribution in [1.82, 2.24) is 14.8 Å². The van der Waals surface area contributed by atoms with E-state index in [2.05, 4.69) is 32.1 Å². The highest BCUT2D eigenvalue weighted by atomic mass is 19.1. The van der Waals surface area contributed by atoms with Crippen LogP contribution in [0.2, 0.25) is 0 Å². The number of aliphatic imine (C=N–C) groups is 1. The molecule has 6 nitrogen and oxygen atoms in total. The average molecular weight is 410 g/mol. The molecule has 0 atom stereocenters. The lowest BCUT2D eigenvalue weighted by Crippen LogP contribution is -2.44. The summed E-state index contributed by atoms with van der Waals surface area (Å²) in [5, 5.41) is 14.3. The zero-order valence-corrected chi connectivity index (χ0v) is 17.2. The minimum atomic E-state index is -0.348. The lowest BCUT2D eigenvalue weighted by Gasteiger charge is -2.32. The molecule has 0 bridgehead atoms. The Balaban J connectivity index is 1.29. The number of hydrogen-bond donors (Lipinski definition) is 3. The molecular weight excluding hydrogens is 381 g/mol. The van der Waals surface area contributed by atoms with Gasteiger partial charge in [-0.25, -0.2) is 4.39 Å². The summed E-state index contributed by atoms with van der Waals surface area (Å²) in [5.74, 6) is -0.364. The van der Waals surface area contributed by atoms with Crippen LogP contribution in [0.25, 0.3) is 10.9 Å². The maximum atomic E-state index is 13.3. The van der Waals surface area contributed by atoms with Crippen LogP contribution in [0.3, 0.4) is 0 Å². The van der Waals surface area contributed by atoms with Crippen LogP contribution in [0.4, 0.5) is 15.8 Å². The number of halogens is 1. The minimum Gasteiger partial charge on any atom is -0.494 e. The number of benzene rings is 2. The molecule has 30 heavy (non-hydrogen) atoms. The number of likely N-dealkylation sites (N-methyl/N-ethyl adjacent to an activating group) is 1. The number of aromatic hydroxyl groups is 1. The van der Waals surface area contributed by atoms with Gasteiger partial charge in [-0.15, -0.1) is 0 Å². The molecule has 0 unspecified atom stereocenters. The largest absolute Gasteiger partial charge is 0.494 e. The Labute approximate surface area is 176 Å². The van der Waals surface area contributed by atoms with E-state index in [-0.39, 0.29) is 11.7 Å². The lowest BCUT2D eigenvalue weighted by molar-refractivity contribution is 0.154. The summed E-state index contributed by atoms with van der Waals surface area (Å²) < 4.78 is 13.3. The van der Waals surface area contributed by atoms with Gasteiger partial charge in [0.1, 0.15) is 5.82 Å². The van der Waals surface area contributed by atoms with Crippen molar-refractivity contribution in [2.24, 2.45) is 4.99 Å². The summed E-state index contributed by atoms with van der Waals surface area (Å²) in [6.07, 6.45) is 2.72. The van der Waals surface area contributed by atoms with E-state index in [1.54, 1.807) is 12.3 Å². The standard InChI is InChI=1S/C23H28FN5O/c1-28-11-13-29(14-12-28)10-2-9-25-18-4-6-19(7-5-18)26-16-21-20-8-3-17(24)15-22(20)27-23(21)30/h3-8,15-16,25,27,30H,2,9-14H2,1H3. The summed E-state index contributed by atoms with van der Waals surface area (Å²) in [6.45, 7) is 6.69. The Bertz CT molecular complexity index is 1010. The van der Waals surface area contributed by atoms with Crippen molar-refractivity contribution in [3.8, 4) is 5.88 Å². The highest BCUT2D eigenvalue weighted by Gasteiger charge is 2.12. The SMILES string of the molecule is CN1CCN(CCCNc2ccc(N=Cc3c(O)[nH]c4cc(F)ccc34)cc2)CC1. The van der Waals surface area contributed by atoms with Crippen LogP contribution in [-0.4, -0.2) is 72.4 Å². The summed E-state index contributed by atoms with van der Waals surface area (Å²) in [7, 11) is 2.18. The van der Waals surface area contributed by atoms with E-state index in [9.17, 15) is 9.50 Å². The van der Waals surface area contributed by atoms with Gasteiger partial charge in [-0.1, -0.05) is 0 Å². The number of aromatic nitrogens is 1. The highest BCUT2D eigenvalue weighted by molar-refractivity contribution is 6.02. The molecule has 3 N–H and O–H groups in total. The van der Waals surface area contributed by atoms with Crippen LogP contribution < -0.4 is 5.32 Å². The molecule has 0 radical (unpaired) electrons. The lowest BCUT2D eigenvalue weighted by atomic mass is 10.2. The molecule has 0 saturated carbocycles. The van der Waals surface area contributed by atoms with Crippen molar-refractivity contribution < 1.29 is 9.50 Å². The topological polar surface area (TPSA) is 66.9 Å². The van der Waals surface area contributed by atoms with Crippen molar-refractivity contribution >= 4 is 28.5 Å². The fourth-order valence-electron chi connectivity index (χ4n) is 3.72. The molecule has 2 aromatic carbocycles. The van der Waals surface area contributed by atoms with Crippen LogP contribution in [0.15, 0.2) is 47.5 Å². The second-order valence-electron chi connectivity index (χ2n) is 7.81. The molecule has 1 aliphatic heterocycles. The number of H-pyrrole nitrogens is 1. The molecule has 0 amide bonds. The molecule has 0 aliphatic carbocycles. The number of piperazine rings is 1. The molecule has 1 fully saturated rings. The van der Waals surface area contributed by atoms with E-state index >= 15 is 0 Å². The number of nitrogens with one attached hydrogen (secondary N) is 2. The van der Waals surface area contributed by atoms with Crippen molar-refractivity contribution in [2.75, 3.05) is 51.6 Å². The van der Waals surface area contributed by atoms with Crippen LogP contribution in [0, 0.1) is 5.82 Å². The van der Waals surface area contributed by atoms with E-state index in [0.717, 1.165) is 62.5 Å². The number of nitrogens with zero attached hydrogens (tertiary/aromatic N) is 3. The Hall–Kier alpha value is -2.90. The van der Waals surface area contributed by atoms with E-state index in [1.807, 2.05) is 24.3 Å². The smallest absolute Gasteiger partial charge is 0.198 e. The van der Waals surface area contributed by atoms with Gasteiger partial charge in [0.25, 0.3) is 0 Å². The third-order valence-electron chi connectivity index (χ3n) is 5.57. The number of fused-ring (bicyclic) bond motifs is 1. The molecule has 1 aromatic heterocycles. The van der Waals surface area contributed by atoms with Crippen LogP contribution in [0.5, 0.6) is 5.88 Å². The van der Waals surface area contributed by atoms with Gasteiger partial charge >= 0.3 is 0 Å². The minimum absolute atomic E-state index is 0.0158. The summed E-state index contributed by atoms with van der Waals surface area (Å²) in [5.41, 5.74) is 2.95. The maximum Gasteiger partial charge on any atom is 0.198 e. The number of rotatable bonds is 7. The van der Waals surface area contributed by atoms with Crippen LogP contribution >= 0.6 is 0 Å². The van der Waals surface area contributed by atoms with Gasteiger partial charge in [-0.3, -0.25) is 4.99 Å². The number of anilines is 1. The van der Waals surface area contributed by atoms with Gasteiger partial charge in [0, 0.05) is 50.0 Å². The Morgan fingerprint density at radius 1 is 1.13 bits per heavy atom. The van der Waals surface area contributed by atoms with Crippen molar-refractivity contribution in [2.45, 2.75) is 6.42 Å². The third-order valence-corrected chi connectivity index (χ3v) is 5.57. The molecule has 0 spiro atoms. The Morgan fingerprint density at radius 2 is 1.90 bits per heavy atom. The third kappa shape index (κ3) is 4.98. The molecule has 1 aliphatic rings. The molecule has 2 heterocycles. The zero-order chi connectivity index (χ0) is 20.9. The molecule has 3 aromatic rings. The predicted molar refractivity (Wildman–Crippen MR) is 121 cm³/mol. The van der Waals surface area contributed by atoms with E-state index in [4.69, 9.17) is 0 Å². The van der Waals surface area contributed by atoms with Gasteiger partial charge in [0.05, 0.1) is 16.8 Å². The normalized spacial score (nSPS) is 15.9. The van der Waals surface area contributed by atoms with Crippen molar-refractivity contribution in [3.05, 3.63) is 53.8 Å². The second-order valence-corrected chi connectivity index (χ2v) is 7.81. The first-order valence-electron chi connectivity index (χ1n) is 10.4. The predicted octanol–water partition coefficient (Wildman–Crippen LogP) is 3.81. The molecule has 158 valence electrons. The zero-order valence-electron chi connectivity index (χ0n) is 17.2. The second kappa shape index (κ2) is 9.28. The maximum absolute atomic E-state index is 13.3. The van der Waals surface area contributed by atoms with E-state index < -0.39 is 0 Å². The summed E-state index contributed by atoms with van der Waals surface area (Å²) in [4.78, 5) is 12.1. The molecular formula is C23H28FN5O. The average Bonchev–Trinajstić information content (AvgIpc) is 3.06. The summed E-state index contributed by atoms with van der Waals surface area (Å²) in [6, 6.07) is 12.3. The quantitative estimate of drug-likeness (QED) is 0.410. The van der Waals surface area contributed by atoms with Gasteiger partial charge < -0.3 is 25.2 Å². The van der Waals surface area contributed by atoms with Gasteiger partial charge in [-0.2, -0.15) is 0 Å². The van der Waals surface area contributed by atoms with Gasteiger partial charge in [-0.05, 0) is 62.5 Å².